The molecule has 2 N–H and O–H groups in total. The van der Waals surface area contributed by atoms with Gasteiger partial charge in [-0.2, -0.15) is 0 Å². The summed E-state index contributed by atoms with van der Waals surface area (Å²) in [5.41, 5.74) is 0.133. The second-order valence-electron chi connectivity index (χ2n) is 6.04. The zero-order valence-electron chi connectivity index (χ0n) is 13.0. The number of nitrogens with one attached hydrogen (secondary N) is 1. The van der Waals surface area contributed by atoms with E-state index >= 15 is 0 Å². The first kappa shape index (κ1) is 16.9. The molecule has 0 radical (unpaired) electrons. The molecule has 3 nitrogen and oxygen atoms in total. The van der Waals surface area contributed by atoms with Gasteiger partial charge in [-0.05, 0) is 32.4 Å². The van der Waals surface area contributed by atoms with Crippen molar-refractivity contribution in [3.8, 4) is 5.75 Å². The summed E-state index contributed by atoms with van der Waals surface area (Å²) < 4.78 is 19.6. The highest BCUT2D eigenvalue weighted by Crippen LogP contribution is 2.23. The van der Waals surface area contributed by atoms with Crippen LogP contribution in [0.25, 0.3) is 0 Å². The second-order valence-corrected chi connectivity index (χ2v) is 6.04. The minimum atomic E-state index is -0.437. The van der Waals surface area contributed by atoms with Crippen molar-refractivity contribution in [2.45, 2.75) is 58.7 Å². The summed E-state index contributed by atoms with van der Waals surface area (Å²) in [4.78, 5) is 0. The normalized spacial score (nSPS) is 16.0. The lowest BCUT2D eigenvalue weighted by Gasteiger charge is -2.33. The Labute approximate surface area is 121 Å². The Kier molecular flexibility index (Phi) is 5.96. The Morgan fingerprint density at radius 3 is 2.55 bits per heavy atom. The summed E-state index contributed by atoms with van der Waals surface area (Å²) in [6, 6.07) is 5.38. The Bertz CT molecular complexity index is 436. The van der Waals surface area contributed by atoms with E-state index in [1.807, 2.05) is 27.7 Å². The fourth-order valence-electron chi connectivity index (χ4n) is 2.47. The highest BCUT2D eigenvalue weighted by atomic mass is 19.1. The van der Waals surface area contributed by atoms with Crippen LogP contribution >= 0.6 is 0 Å². The molecule has 20 heavy (non-hydrogen) atoms. The second kappa shape index (κ2) is 7.04. The van der Waals surface area contributed by atoms with Gasteiger partial charge in [-0.25, -0.2) is 4.39 Å². The van der Waals surface area contributed by atoms with Crippen LogP contribution in [0.4, 0.5) is 4.39 Å². The SMILES string of the molecule is Cc1cccc(OC(C)CC(C)(CO)NC(C)C)c1F. The van der Waals surface area contributed by atoms with Gasteiger partial charge in [-0.1, -0.05) is 26.0 Å². The molecule has 0 heterocycles. The molecule has 0 fully saturated rings. The molecule has 114 valence electrons. The van der Waals surface area contributed by atoms with Crippen molar-refractivity contribution >= 4 is 0 Å². The van der Waals surface area contributed by atoms with Crippen LogP contribution in [-0.4, -0.2) is 29.4 Å². The highest BCUT2D eigenvalue weighted by molar-refractivity contribution is 5.30. The summed E-state index contributed by atoms with van der Waals surface area (Å²) in [6.45, 7) is 9.61. The number of halogens is 1. The topological polar surface area (TPSA) is 41.5 Å². The van der Waals surface area contributed by atoms with Crippen LogP contribution in [0.2, 0.25) is 0 Å². The predicted molar refractivity (Wildman–Crippen MR) is 79.6 cm³/mol. The lowest BCUT2D eigenvalue weighted by atomic mass is 9.94. The first-order valence-electron chi connectivity index (χ1n) is 7.08. The molecule has 0 aromatic heterocycles. The molecule has 4 heteroatoms. The van der Waals surface area contributed by atoms with Crippen LogP contribution in [0.3, 0.4) is 0 Å². The smallest absolute Gasteiger partial charge is 0.167 e. The molecule has 2 unspecified atom stereocenters. The van der Waals surface area contributed by atoms with E-state index in [4.69, 9.17) is 4.74 Å². The maximum atomic E-state index is 13.9. The molecule has 1 aromatic carbocycles. The Hall–Kier alpha value is -1.13. The lowest BCUT2D eigenvalue weighted by molar-refractivity contribution is 0.102. The molecule has 0 amide bonds. The molecule has 1 rings (SSSR count). The van der Waals surface area contributed by atoms with Crippen molar-refractivity contribution < 1.29 is 14.2 Å². The van der Waals surface area contributed by atoms with Crippen molar-refractivity contribution in [2.24, 2.45) is 0 Å². The van der Waals surface area contributed by atoms with E-state index in [9.17, 15) is 9.50 Å². The van der Waals surface area contributed by atoms with E-state index in [1.165, 1.54) is 0 Å². The summed E-state index contributed by atoms with van der Waals surface area (Å²) >= 11 is 0. The zero-order chi connectivity index (χ0) is 15.3. The fraction of sp³-hybridized carbons (Fsp3) is 0.625. The number of hydrogen-bond acceptors (Lipinski definition) is 3. The van der Waals surface area contributed by atoms with Crippen LogP contribution in [0.5, 0.6) is 5.75 Å². The highest BCUT2D eigenvalue weighted by Gasteiger charge is 2.27. The number of rotatable bonds is 7. The van der Waals surface area contributed by atoms with E-state index in [1.54, 1.807) is 25.1 Å². The third kappa shape index (κ3) is 4.76. The van der Waals surface area contributed by atoms with Crippen LogP contribution in [0.1, 0.15) is 39.7 Å². The van der Waals surface area contributed by atoms with Gasteiger partial charge in [0.15, 0.2) is 11.6 Å². The molecule has 0 aliphatic carbocycles. The van der Waals surface area contributed by atoms with Gasteiger partial charge in [0.2, 0.25) is 0 Å². The third-order valence-corrected chi connectivity index (χ3v) is 3.21. The minimum absolute atomic E-state index is 0.00911. The van der Waals surface area contributed by atoms with Crippen LogP contribution < -0.4 is 10.1 Å². The molecule has 0 spiro atoms. The van der Waals surface area contributed by atoms with Gasteiger partial charge in [-0.3, -0.25) is 0 Å². The first-order valence-corrected chi connectivity index (χ1v) is 7.08. The van der Waals surface area contributed by atoms with Crippen molar-refractivity contribution in [1.82, 2.24) is 5.32 Å². The number of aliphatic hydroxyl groups is 1. The number of aliphatic hydroxyl groups excluding tert-OH is 1. The quantitative estimate of drug-likeness (QED) is 0.808. The van der Waals surface area contributed by atoms with Crippen molar-refractivity contribution in [1.29, 1.82) is 0 Å². The molecule has 0 saturated carbocycles. The number of ether oxygens (including phenoxy) is 1. The number of hydrogen-bond donors (Lipinski definition) is 2. The van der Waals surface area contributed by atoms with E-state index in [0.717, 1.165) is 0 Å². The van der Waals surface area contributed by atoms with E-state index in [0.29, 0.717) is 12.0 Å². The lowest BCUT2D eigenvalue weighted by Crippen LogP contribution is -2.51. The number of benzene rings is 1. The van der Waals surface area contributed by atoms with Crippen molar-refractivity contribution in [3.63, 3.8) is 0 Å². The maximum absolute atomic E-state index is 13.9. The molecule has 0 saturated heterocycles. The van der Waals surface area contributed by atoms with Crippen molar-refractivity contribution in [2.75, 3.05) is 6.61 Å². The summed E-state index contributed by atoms with van der Waals surface area (Å²) in [6.07, 6.45) is 0.393. The molecule has 0 bridgehead atoms. The average Bonchev–Trinajstić information content (AvgIpc) is 2.33. The van der Waals surface area contributed by atoms with Crippen LogP contribution in [0.15, 0.2) is 18.2 Å². The standard InChI is InChI=1S/C16H26FNO2/c1-11(2)18-16(5,10-19)9-13(4)20-14-8-6-7-12(3)15(14)17/h6-8,11,13,18-19H,9-10H2,1-5H3. The molecular formula is C16H26FNO2. The molecule has 0 aliphatic rings. The third-order valence-electron chi connectivity index (χ3n) is 3.21. The van der Waals surface area contributed by atoms with Gasteiger partial charge >= 0.3 is 0 Å². The van der Waals surface area contributed by atoms with Crippen molar-refractivity contribution in [3.05, 3.63) is 29.6 Å². The van der Waals surface area contributed by atoms with E-state index in [-0.39, 0.29) is 30.3 Å². The van der Waals surface area contributed by atoms with E-state index < -0.39 is 5.54 Å². The molecule has 0 aliphatic heterocycles. The fourth-order valence-corrected chi connectivity index (χ4v) is 2.47. The summed E-state index contributed by atoms with van der Waals surface area (Å²) in [7, 11) is 0. The first-order chi connectivity index (χ1) is 9.27. The maximum Gasteiger partial charge on any atom is 0.167 e. The largest absolute Gasteiger partial charge is 0.488 e. The summed E-state index contributed by atoms with van der Waals surface area (Å²) in [5.74, 6) is -0.0517. The monoisotopic (exact) mass is 283 g/mol. The Balaban J connectivity index is 2.71. The van der Waals surface area contributed by atoms with Gasteiger partial charge in [-0.15, -0.1) is 0 Å². The average molecular weight is 283 g/mol. The zero-order valence-corrected chi connectivity index (χ0v) is 13.0. The number of aryl methyl sites for hydroxylation is 1. The minimum Gasteiger partial charge on any atom is -0.488 e. The van der Waals surface area contributed by atoms with Gasteiger partial charge in [0.05, 0.1) is 12.7 Å². The van der Waals surface area contributed by atoms with Gasteiger partial charge < -0.3 is 15.2 Å². The molecule has 2 atom stereocenters. The molecule has 1 aromatic rings. The van der Waals surface area contributed by atoms with Gasteiger partial charge in [0.25, 0.3) is 0 Å². The van der Waals surface area contributed by atoms with Gasteiger partial charge in [0, 0.05) is 18.0 Å². The van der Waals surface area contributed by atoms with Crippen LogP contribution in [-0.2, 0) is 0 Å². The van der Waals surface area contributed by atoms with E-state index in [2.05, 4.69) is 5.32 Å². The Morgan fingerprint density at radius 2 is 2.00 bits per heavy atom. The molecular weight excluding hydrogens is 257 g/mol. The predicted octanol–water partition coefficient (Wildman–Crippen LogP) is 3.04. The van der Waals surface area contributed by atoms with Gasteiger partial charge in [0.1, 0.15) is 0 Å². The Morgan fingerprint density at radius 1 is 1.35 bits per heavy atom. The van der Waals surface area contributed by atoms with Crippen LogP contribution in [0, 0.1) is 12.7 Å². The summed E-state index contributed by atoms with van der Waals surface area (Å²) in [5, 5.41) is 12.9.